The summed E-state index contributed by atoms with van der Waals surface area (Å²) in [6.07, 6.45) is 4.25. The molecule has 85 valence electrons. The first kappa shape index (κ1) is 10.4. The van der Waals surface area contributed by atoms with Crippen molar-refractivity contribution in [2.75, 3.05) is 0 Å². The van der Waals surface area contributed by atoms with Crippen molar-refractivity contribution in [3.63, 3.8) is 0 Å². The van der Waals surface area contributed by atoms with Crippen molar-refractivity contribution in [3.05, 3.63) is 35.9 Å². The van der Waals surface area contributed by atoms with Crippen molar-refractivity contribution in [2.45, 2.75) is 46.0 Å². The van der Waals surface area contributed by atoms with Gasteiger partial charge in [-0.05, 0) is 53.6 Å². The molecule has 1 aromatic carbocycles. The molecule has 3 rings (SSSR count). The highest BCUT2D eigenvalue weighted by atomic mass is 14.6. The number of benzene rings is 1. The van der Waals surface area contributed by atoms with E-state index in [1.165, 1.54) is 24.8 Å². The molecular weight excluding hydrogens is 192 g/mol. The summed E-state index contributed by atoms with van der Waals surface area (Å²) in [5, 5.41) is 0. The van der Waals surface area contributed by atoms with Crippen LogP contribution in [0.15, 0.2) is 24.3 Å². The second-order valence-corrected chi connectivity index (χ2v) is 6.50. The molecule has 0 nitrogen and oxygen atoms in total. The zero-order valence-corrected chi connectivity index (χ0v) is 10.6. The smallest absolute Gasteiger partial charge is 0.00999 e. The van der Waals surface area contributed by atoms with Gasteiger partial charge in [-0.25, -0.2) is 0 Å². The van der Waals surface area contributed by atoms with Crippen LogP contribution < -0.4 is 0 Å². The van der Waals surface area contributed by atoms with Crippen molar-refractivity contribution in [1.29, 1.82) is 0 Å². The zero-order chi connectivity index (χ0) is 11.4. The van der Waals surface area contributed by atoms with Crippen molar-refractivity contribution in [1.82, 2.24) is 0 Å². The summed E-state index contributed by atoms with van der Waals surface area (Å²) >= 11 is 0. The van der Waals surface area contributed by atoms with Crippen LogP contribution in [0.25, 0.3) is 0 Å². The van der Waals surface area contributed by atoms with Crippen molar-refractivity contribution in [2.24, 2.45) is 16.7 Å². The normalized spacial score (nSPS) is 40.2. The van der Waals surface area contributed by atoms with Crippen molar-refractivity contribution >= 4 is 0 Å². The largest absolute Gasteiger partial charge is 0.0591 e. The Labute approximate surface area is 99.1 Å². The molecule has 0 spiro atoms. The standard InChI is InChI=1S/C16H21/c1-15(2)13-9-10-16(15,3)14(11-13)12-7-5-4-6-8-12/h5-8,13-14H,9-11H2,1-3H3. The van der Waals surface area contributed by atoms with E-state index in [-0.39, 0.29) is 0 Å². The van der Waals surface area contributed by atoms with Crippen LogP contribution in [0.5, 0.6) is 0 Å². The third-order valence-electron chi connectivity index (χ3n) is 5.94. The molecule has 0 heteroatoms. The molecule has 1 radical (unpaired) electrons. The fraction of sp³-hybridized carbons (Fsp3) is 0.625. The topological polar surface area (TPSA) is 0 Å². The van der Waals surface area contributed by atoms with Gasteiger partial charge in [-0.2, -0.15) is 0 Å². The Morgan fingerprint density at radius 1 is 1.19 bits per heavy atom. The Morgan fingerprint density at radius 3 is 2.38 bits per heavy atom. The maximum Gasteiger partial charge on any atom is -0.00999 e. The molecule has 0 aliphatic heterocycles. The quantitative estimate of drug-likeness (QED) is 0.648. The van der Waals surface area contributed by atoms with Crippen LogP contribution in [0, 0.1) is 22.8 Å². The van der Waals surface area contributed by atoms with E-state index in [1.807, 2.05) is 0 Å². The minimum absolute atomic E-state index is 0.513. The van der Waals surface area contributed by atoms with Gasteiger partial charge in [-0.15, -0.1) is 0 Å². The summed E-state index contributed by atoms with van der Waals surface area (Å²) in [7, 11) is 0. The summed E-state index contributed by atoms with van der Waals surface area (Å²) in [5.41, 5.74) is 2.58. The molecule has 2 bridgehead atoms. The maximum absolute atomic E-state index is 3.13. The highest BCUT2D eigenvalue weighted by molar-refractivity contribution is 5.28. The van der Waals surface area contributed by atoms with Gasteiger partial charge in [0, 0.05) is 0 Å². The molecule has 0 heterocycles. The Kier molecular flexibility index (Phi) is 2.02. The van der Waals surface area contributed by atoms with Crippen molar-refractivity contribution in [3.8, 4) is 0 Å². The summed E-state index contributed by atoms with van der Waals surface area (Å²) in [6, 6.07) is 11.8. The van der Waals surface area contributed by atoms with Gasteiger partial charge in [0.25, 0.3) is 0 Å². The average molecular weight is 213 g/mol. The van der Waals surface area contributed by atoms with Gasteiger partial charge in [0.15, 0.2) is 0 Å². The lowest BCUT2D eigenvalue weighted by atomic mass is 9.65. The molecule has 2 fully saturated rings. The fourth-order valence-corrected chi connectivity index (χ4v) is 4.34. The lowest BCUT2D eigenvalue weighted by Crippen LogP contribution is -2.31. The van der Waals surface area contributed by atoms with Crippen LogP contribution in [0.1, 0.15) is 51.5 Å². The predicted octanol–water partition coefficient (Wildman–Crippen LogP) is 4.42. The highest BCUT2D eigenvalue weighted by Crippen LogP contribution is 2.70. The Bertz CT molecular complexity index is 390. The maximum atomic E-state index is 3.13. The molecule has 3 atom stereocenters. The molecule has 3 unspecified atom stereocenters. The van der Waals surface area contributed by atoms with Gasteiger partial charge in [-0.1, -0.05) is 45.0 Å². The summed E-state index contributed by atoms with van der Waals surface area (Å²) in [4.78, 5) is 0. The van der Waals surface area contributed by atoms with Gasteiger partial charge >= 0.3 is 0 Å². The molecule has 2 aliphatic carbocycles. The van der Waals surface area contributed by atoms with E-state index in [2.05, 4.69) is 51.1 Å². The number of hydrogen-bond acceptors (Lipinski definition) is 0. The van der Waals surface area contributed by atoms with E-state index in [9.17, 15) is 0 Å². The Hall–Kier alpha value is -0.780. The molecule has 0 saturated heterocycles. The molecule has 2 saturated carbocycles. The van der Waals surface area contributed by atoms with E-state index in [1.54, 1.807) is 0 Å². The first-order valence-corrected chi connectivity index (χ1v) is 6.52. The predicted molar refractivity (Wildman–Crippen MR) is 67.2 cm³/mol. The van der Waals surface area contributed by atoms with Crippen LogP contribution in [0.3, 0.4) is 0 Å². The molecular formula is C16H21. The molecule has 2 aliphatic rings. The van der Waals surface area contributed by atoms with Gasteiger partial charge < -0.3 is 0 Å². The van der Waals surface area contributed by atoms with Crippen LogP contribution >= 0.6 is 0 Å². The van der Waals surface area contributed by atoms with E-state index < -0.39 is 0 Å². The van der Waals surface area contributed by atoms with Crippen molar-refractivity contribution < 1.29 is 0 Å². The van der Waals surface area contributed by atoms with Crippen LogP contribution in [-0.2, 0) is 0 Å². The second-order valence-electron chi connectivity index (χ2n) is 6.50. The number of hydrogen-bond donors (Lipinski definition) is 0. The molecule has 0 N–H and O–H groups in total. The Balaban J connectivity index is 2.02. The van der Waals surface area contributed by atoms with Gasteiger partial charge in [-0.3, -0.25) is 0 Å². The van der Waals surface area contributed by atoms with E-state index in [4.69, 9.17) is 0 Å². The van der Waals surface area contributed by atoms with Gasteiger partial charge in [0.2, 0.25) is 0 Å². The van der Waals surface area contributed by atoms with Gasteiger partial charge in [0.05, 0.1) is 0 Å². The lowest BCUT2D eigenvalue weighted by Gasteiger charge is -2.39. The van der Waals surface area contributed by atoms with Crippen LogP contribution in [0.2, 0.25) is 0 Å². The molecule has 16 heavy (non-hydrogen) atoms. The van der Waals surface area contributed by atoms with Crippen LogP contribution in [-0.4, -0.2) is 0 Å². The minimum Gasteiger partial charge on any atom is -0.0591 e. The first-order valence-electron chi connectivity index (χ1n) is 6.52. The summed E-state index contributed by atoms with van der Waals surface area (Å²) in [6.45, 7) is 7.49. The number of fused-ring (bicyclic) bond motifs is 2. The highest BCUT2D eigenvalue weighted by Gasteiger charge is 2.61. The average Bonchev–Trinajstić information content (AvgIpc) is 2.62. The van der Waals surface area contributed by atoms with Crippen LogP contribution in [0.4, 0.5) is 0 Å². The Morgan fingerprint density at radius 2 is 1.88 bits per heavy atom. The lowest BCUT2D eigenvalue weighted by molar-refractivity contribution is 0.134. The minimum atomic E-state index is 0.513. The van der Waals surface area contributed by atoms with E-state index in [0.717, 1.165) is 11.8 Å². The summed E-state index contributed by atoms with van der Waals surface area (Å²) in [5.74, 6) is 1.71. The summed E-state index contributed by atoms with van der Waals surface area (Å²) < 4.78 is 0. The molecule has 1 aromatic rings. The molecule has 0 aromatic heterocycles. The van der Waals surface area contributed by atoms with E-state index in [0.29, 0.717) is 10.8 Å². The number of rotatable bonds is 1. The van der Waals surface area contributed by atoms with Gasteiger partial charge in [0.1, 0.15) is 0 Å². The third-order valence-corrected chi connectivity index (χ3v) is 5.94. The molecule has 0 amide bonds. The SMILES string of the molecule is CC1(C)C2CCC1(C)C(c1cc[c]cc1)C2. The second kappa shape index (κ2) is 3.12. The van der Waals surface area contributed by atoms with E-state index >= 15 is 0 Å². The monoisotopic (exact) mass is 213 g/mol. The zero-order valence-electron chi connectivity index (χ0n) is 10.6. The third kappa shape index (κ3) is 1.11. The first-order chi connectivity index (χ1) is 7.56. The fourth-order valence-electron chi connectivity index (χ4n) is 4.34.